The summed E-state index contributed by atoms with van der Waals surface area (Å²) in [5.41, 5.74) is 0.592. The zero-order chi connectivity index (χ0) is 15.4. The highest BCUT2D eigenvalue weighted by molar-refractivity contribution is 7.55. The molecule has 6 nitrogen and oxygen atoms in total. The molecule has 0 saturated carbocycles. The molecule has 20 heavy (non-hydrogen) atoms. The molecule has 0 fully saturated rings. The molecular weight excluding hydrogens is 301 g/mol. The number of esters is 1. The molecule has 0 aliphatic heterocycles. The van der Waals surface area contributed by atoms with Crippen LogP contribution in [0.1, 0.15) is 26.5 Å². The standard InChI is InChI=1S/C12H20NO5PS/c1-12(2,3)18-11(14)10(19(15,16-4)17-5)6-9-7-20-8-13-9/h7-8,10H,6H2,1-5H3. The number of hydrogen-bond donors (Lipinski definition) is 0. The first kappa shape index (κ1) is 17.3. The molecule has 1 atom stereocenters. The van der Waals surface area contributed by atoms with Gasteiger partial charge in [0.1, 0.15) is 5.60 Å². The Balaban J connectivity index is 3.01. The Hall–Kier alpha value is -0.750. The van der Waals surface area contributed by atoms with Gasteiger partial charge in [0.25, 0.3) is 0 Å². The van der Waals surface area contributed by atoms with Crippen molar-refractivity contribution in [2.75, 3.05) is 14.2 Å². The van der Waals surface area contributed by atoms with Crippen LogP contribution in [0.25, 0.3) is 0 Å². The van der Waals surface area contributed by atoms with E-state index in [4.69, 9.17) is 13.8 Å². The van der Waals surface area contributed by atoms with Gasteiger partial charge in [-0.3, -0.25) is 9.36 Å². The summed E-state index contributed by atoms with van der Waals surface area (Å²) in [4.78, 5) is 16.4. The maximum atomic E-state index is 12.5. The lowest BCUT2D eigenvalue weighted by atomic mass is 10.2. The lowest BCUT2D eigenvalue weighted by molar-refractivity contribution is -0.154. The molecular formula is C12H20NO5PS. The molecule has 1 unspecified atom stereocenters. The van der Waals surface area contributed by atoms with Gasteiger partial charge in [0.05, 0.1) is 11.2 Å². The van der Waals surface area contributed by atoms with E-state index in [2.05, 4.69) is 4.98 Å². The Bertz CT molecular complexity index is 475. The lowest BCUT2D eigenvalue weighted by Crippen LogP contribution is -2.33. The quantitative estimate of drug-likeness (QED) is 0.592. The van der Waals surface area contributed by atoms with E-state index in [1.165, 1.54) is 25.6 Å². The second-order valence-corrected chi connectivity index (χ2v) is 8.29. The summed E-state index contributed by atoms with van der Waals surface area (Å²) in [7, 11) is -1.08. The van der Waals surface area contributed by atoms with Gasteiger partial charge in [0.2, 0.25) is 0 Å². The third kappa shape index (κ3) is 4.66. The van der Waals surface area contributed by atoms with Gasteiger partial charge in [-0.2, -0.15) is 0 Å². The van der Waals surface area contributed by atoms with Gasteiger partial charge < -0.3 is 13.8 Å². The average molecular weight is 321 g/mol. The first-order valence-corrected chi connectivity index (χ1v) is 8.58. The number of thiazole rings is 1. The molecule has 1 heterocycles. The number of hydrogen-bond acceptors (Lipinski definition) is 7. The molecule has 0 N–H and O–H groups in total. The van der Waals surface area contributed by atoms with Crippen LogP contribution < -0.4 is 0 Å². The summed E-state index contributed by atoms with van der Waals surface area (Å²) in [6.07, 6.45) is 0.150. The molecule has 0 saturated heterocycles. The van der Waals surface area contributed by atoms with Crippen molar-refractivity contribution in [3.63, 3.8) is 0 Å². The van der Waals surface area contributed by atoms with Gasteiger partial charge in [-0.05, 0) is 20.8 Å². The van der Waals surface area contributed by atoms with Crippen LogP contribution >= 0.6 is 18.9 Å². The summed E-state index contributed by atoms with van der Waals surface area (Å²) >= 11 is 1.40. The van der Waals surface area contributed by atoms with E-state index in [0.717, 1.165) is 0 Å². The van der Waals surface area contributed by atoms with Crippen molar-refractivity contribution in [2.24, 2.45) is 0 Å². The van der Waals surface area contributed by atoms with Crippen LogP contribution in [0.15, 0.2) is 10.9 Å². The van der Waals surface area contributed by atoms with Crippen molar-refractivity contribution in [3.05, 3.63) is 16.6 Å². The van der Waals surface area contributed by atoms with Crippen LogP contribution in [-0.2, 0) is 29.6 Å². The number of ether oxygens (including phenoxy) is 1. The van der Waals surface area contributed by atoms with Crippen LogP contribution in [0.3, 0.4) is 0 Å². The molecule has 0 aliphatic rings. The number of carbonyl (C=O) groups is 1. The van der Waals surface area contributed by atoms with E-state index >= 15 is 0 Å². The van der Waals surface area contributed by atoms with Gasteiger partial charge in [0.15, 0.2) is 5.66 Å². The Morgan fingerprint density at radius 3 is 2.40 bits per heavy atom. The molecule has 0 spiro atoms. The monoisotopic (exact) mass is 321 g/mol. The van der Waals surface area contributed by atoms with Gasteiger partial charge >= 0.3 is 13.6 Å². The molecule has 0 aromatic carbocycles. The topological polar surface area (TPSA) is 74.7 Å². The van der Waals surface area contributed by atoms with E-state index in [1.807, 2.05) is 0 Å². The van der Waals surface area contributed by atoms with E-state index in [9.17, 15) is 9.36 Å². The van der Waals surface area contributed by atoms with Crippen molar-refractivity contribution in [1.82, 2.24) is 4.98 Å². The lowest BCUT2D eigenvalue weighted by Gasteiger charge is -2.26. The van der Waals surface area contributed by atoms with Crippen molar-refractivity contribution in [3.8, 4) is 0 Å². The molecule has 0 bridgehead atoms. The second-order valence-electron chi connectivity index (χ2n) is 5.14. The van der Waals surface area contributed by atoms with Crippen LogP contribution in [0.2, 0.25) is 0 Å². The summed E-state index contributed by atoms with van der Waals surface area (Å²) < 4.78 is 27.7. The highest BCUT2D eigenvalue weighted by Crippen LogP contribution is 2.53. The number of aromatic nitrogens is 1. The fourth-order valence-corrected chi connectivity index (χ4v) is 3.51. The molecule has 0 aliphatic carbocycles. The molecule has 8 heteroatoms. The minimum atomic E-state index is -3.58. The predicted molar refractivity (Wildman–Crippen MR) is 77.1 cm³/mol. The molecule has 1 aromatic heterocycles. The Kier molecular flexibility index (Phi) is 5.89. The molecule has 0 radical (unpaired) electrons. The molecule has 0 amide bonds. The SMILES string of the molecule is COP(=O)(OC)C(Cc1cscn1)C(=O)OC(C)(C)C. The van der Waals surface area contributed by atoms with Crippen molar-refractivity contribution < 1.29 is 23.1 Å². The highest BCUT2D eigenvalue weighted by atomic mass is 32.1. The maximum Gasteiger partial charge on any atom is 0.344 e. The summed E-state index contributed by atoms with van der Waals surface area (Å²) in [6, 6.07) is 0. The van der Waals surface area contributed by atoms with Crippen molar-refractivity contribution in [2.45, 2.75) is 38.5 Å². The normalized spacial score (nSPS) is 14.1. The number of nitrogens with zero attached hydrogens (tertiary/aromatic N) is 1. The smallest absolute Gasteiger partial charge is 0.344 e. The van der Waals surface area contributed by atoms with Crippen LogP contribution in [-0.4, -0.2) is 36.4 Å². The minimum absolute atomic E-state index is 0.150. The summed E-state index contributed by atoms with van der Waals surface area (Å²) in [5, 5.41) is 1.78. The Morgan fingerprint density at radius 2 is 2.00 bits per heavy atom. The highest BCUT2D eigenvalue weighted by Gasteiger charge is 2.42. The third-order valence-electron chi connectivity index (χ3n) is 2.46. The van der Waals surface area contributed by atoms with E-state index in [-0.39, 0.29) is 6.42 Å². The summed E-state index contributed by atoms with van der Waals surface area (Å²) in [6.45, 7) is 5.24. The third-order valence-corrected chi connectivity index (χ3v) is 5.27. The predicted octanol–water partition coefficient (Wildman–Crippen LogP) is 2.88. The van der Waals surface area contributed by atoms with E-state index in [0.29, 0.717) is 5.69 Å². The zero-order valence-corrected chi connectivity index (χ0v) is 14.0. The molecule has 1 rings (SSSR count). The summed E-state index contributed by atoms with van der Waals surface area (Å²) in [5.74, 6) is -0.613. The average Bonchev–Trinajstić information content (AvgIpc) is 2.85. The van der Waals surface area contributed by atoms with E-state index in [1.54, 1.807) is 31.7 Å². The van der Waals surface area contributed by atoms with Gasteiger partial charge in [0, 0.05) is 26.0 Å². The van der Waals surface area contributed by atoms with Crippen LogP contribution in [0, 0.1) is 0 Å². The number of carbonyl (C=O) groups excluding carboxylic acids is 1. The van der Waals surface area contributed by atoms with Crippen LogP contribution in [0.4, 0.5) is 0 Å². The maximum absolute atomic E-state index is 12.5. The van der Waals surface area contributed by atoms with E-state index < -0.39 is 24.8 Å². The fourth-order valence-electron chi connectivity index (χ4n) is 1.56. The van der Waals surface area contributed by atoms with Gasteiger partial charge in [-0.15, -0.1) is 11.3 Å². The van der Waals surface area contributed by atoms with Crippen molar-refractivity contribution >= 4 is 24.9 Å². The fraction of sp³-hybridized carbons (Fsp3) is 0.667. The largest absolute Gasteiger partial charge is 0.459 e. The first-order chi connectivity index (χ1) is 9.22. The van der Waals surface area contributed by atoms with Crippen LogP contribution in [0.5, 0.6) is 0 Å². The first-order valence-electron chi connectivity index (χ1n) is 6.03. The Labute approximate surface area is 123 Å². The van der Waals surface area contributed by atoms with Gasteiger partial charge in [-0.1, -0.05) is 0 Å². The molecule has 1 aromatic rings. The minimum Gasteiger partial charge on any atom is -0.459 e. The van der Waals surface area contributed by atoms with Gasteiger partial charge in [-0.25, -0.2) is 4.98 Å². The molecule has 114 valence electrons. The Morgan fingerprint density at radius 1 is 1.40 bits per heavy atom. The zero-order valence-electron chi connectivity index (χ0n) is 12.3. The van der Waals surface area contributed by atoms with Crippen molar-refractivity contribution in [1.29, 1.82) is 0 Å². The number of rotatable bonds is 6. The second kappa shape index (κ2) is 6.80.